The molecule has 0 amide bonds. The third-order valence-electron chi connectivity index (χ3n) is 1.63. The van der Waals surface area contributed by atoms with Gasteiger partial charge in [0.2, 0.25) is 0 Å². The summed E-state index contributed by atoms with van der Waals surface area (Å²) in [6.45, 7) is 1.97. The maximum absolute atomic E-state index is 10.0. The van der Waals surface area contributed by atoms with E-state index in [1.807, 2.05) is 43.3 Å². The van der Waals surface area contributed by atoms with Crippen molar-refractivity contribution in [3.05, 3.63) is 53.6 Å². The second kappa shape index (κ2) is 5.09. The summed E-state index contributed by atoms with van der Waals surface area (Å²) in [5.41, 5.74) is 2.22. The Balaban J connectivity index is 2.76. The van der Waals surface area contributed by atoms with Crippen molar-refractivity contribution in [1.82, 2.24) is 0 Å². The Morgan fingerprint density at radius 3 is 2.54 bits per heavy atom. The first-order valence-corrected chi connectivity index (χ1v) is 4.18. The first kappa shape index (κ1) is 9.46. The molecule has 0 atom stereocenters. The fraction of sp³-hybridized carbons (Fsp3) is 0.0833. The highest BCUT2D eigenvalue weighted by Crippen LogP contribution is 2.06. The van der Waals surface area contributed by atoms with Gasteiger partial charge < -0.3 is 0 Å². The smallest absolute Gasteiger partial charge is 0.142 e. The molecule has 0 aromatic heterocycles. The van der Waals surface area contributed by atoms with Gasteiger partial charge in [-0.2, -0.15) is 0 Å². The summed E-state index contributed by atoms with van der Waals surface area (Å²) in [5.74, 6) is 0. The van der Waals surface area contributed by atoms with Crippen molar-refractivity contribution in [3.63, 3.8) is 0 Å². The number of rotatable bonds is 3. The molecule has 13 heavy (non-hydrogen) atoms. The fourth-order valence-corrected chi connectivity index (χ4v) is 1.05. The van der Waals surface area contributed by atoms with Gasteiger partial charge in [-0.25, -0.2) is 0 Å². The molecule has 0 heterocycles. The van der Waals surface area contributed by atoms with E-state index in [0.29, 0.717) is 0 Å². The van der Waals surface area contributed by atoms with Crippen LogP contribution in [-0.2, 0) is 4.79 Å². The number of carbonyl (C=O) groups is 1. The number of hydrogen-bond donors (Lipinski definition) is 0. The van der Waals surface area contributed by atoms with Crippen molar-refractivity contribution in [2.24, 2.45) is 0 Å². The van der Waals surface area contributed by atoms with E-state index in [9.17, 15) is 4.79 Å². The number of benzene rings is 1. The number of aldehydes is 1. The Kier molecular flexibility index (Phi) is 3.71. The van der Waals surface area contributed by atoms with Crippen molar-refractivity contribution < 1.29 is 4.79 Å². The van der Waals surface area contributed by atoms with Crippen molar-refractivity contribution in [3.8, 4) is 0 Å². The van der Waals surface area contributed by atoms with E-state index in [1.54, 1.807) is 6.08 Å². The molecule has 0 fully saturated rings. The molecule has 1 aromatic carbocycles. The van der Waals surface area contributed by atoms with E-state index in [0.717, 1.165) is 17.4 Å². The third kappa shape index (κ3) is 3.52. The SMILES string of the molecule is CC(/C=C\C=O)=C\c1ccccc1. The van der Waals surface area contributed by atoms with Gasteiger partial charge in [0.1, 0.15) is 6.29 Å². The first-order valence-electron chi connectivity index (χ1n) is 4.18. The number of allylic oxidation sites excluding steroid dienone is 3. The van der Waals surface area contributed by atoms with Crippen LogP contribution in [0, 0.1) is 0 Å². The summed E-state index contributed by atoms with van der Waals surface area (Å²) < 4.78 is 0. The lowest BCUT2D eigenvalue weighted by Crippen LogP contribution is -1.72. The summed E-state index contributed by atoms with van der Waals surface area (Å²) in [4.78, 5) is 10.0. The number of hydrogen-bond acceptors (Lipinski definition) is 1. The van der Waals surface area contributed by atoms with Crippen LogP contribution in [0.3, 0.4) is 0 Å². The summed E-state index contributed by atoms with van der Waals surface area (Å²) >= 11 is 0. The van der Waals surface area contributed by atoms with Gasteiger partial charge in [0.15, 0.2) is 0 Å². The van der Waals surface area contributed by atoms with Crippen LogP contribution < -0.4 is 0 Å². The van der Waals surface area contributed by atoms with Gasteiger partial charge in [0.25, 0.3) is 0 Å². The molecule has 1 heteroatoms. The molecule has 0 N–H and O–H groups in total. The Labute approximate surface area is 78.4 Å². The minimum Gasteiger partial charge on any atom is -0.299 e. The molecule has 0 spiro atoms. The second-order valence-electron chi connectivity index (χ2n) is 2.79. The average molecular weight is 172 g/mol. The van der Waals surface area contributed by atoms with Gasteiger partial charge in [-0.1, -0.05) is 48.1 Å². The molecule has 1 aromatic rings. The number of carbonyl (C=O) groups excluding carboxylic acids is 1. The van der Waals surface area contributed by atoms with E-state index in [1.165, 1.54) is 6.08 Å². The molecule has 0 saturated carbocycles. The topological polar surface area (TPSA) is 17.1 Å². The molecule has 0 unspecified atom stereocenters. The van der Waals surface area contributed by atoms with Crippen LogP contribution in [0.2, 0.25) is 0 Å². The predicted octanol–water partition coefficient (Wildman–Crippen LogP) is 2.85. The molecule has 0 radical (unpaired) electrons. The highest BCUT2D eigenvalue weighted by Gasteiger charge is 1.85. The Morgan fingerprint density at radius 2 is 1.92 bits per heavy atom. The third-order valence-corrected chi connectivity index (χ3v) is 1.63. The van der Waals surface area contributed by atoms with Crippen LogP contribution in [0.25, 0.3) is 6.08 Å². The van der Waals surface area contributed by atoms with Gasteiger partial charge in [0, 0.05) is 0 Å². The lowest BCUT2D eigenvalue weighted by atomic mass is 10.1. The van der Waals surface area contributed by atoms with Gasteiger partial charge in [-0.3, -0.25) is 4.79 Å². The minimum absolute atomic E-state index is 0.780. The molecule has 0 bridgehead atoms. The minimum atomic E-state index is 0.780. The normalized spacial score (nSPS) is 11.9. The van der Waals surface area contributed by atoms with Crippen molar-refractivity contribution in [2.75, 3.05) is 0 Å². The highest BCUT2D eigenvalue weighted by atomic mass is 16.1. The zero-order chi connectivity index (χ0) is 9.52. The molecular formula is C12H12O. The van der Waals surface area contributed by atoms with Crippen molar-refractivity contribution >= 4 is 12.4 Å². The van der Waals surface area contributed by atoms with Gasteiger partial charge in [-0.15, -0.1) is 0 Å². The lowest BCUT2D eigenvalue weighted by molar-refractivity contribution is -0.104. The largest absolute Gasteiger partial charge is 0.299 e. The monoisotopic (exact) mass is 172 g/mol. The van der Waals surface area contributed by atoms with Crippen LogP contribution in [0.15, 0.2) is 48.1 Å². The van der Waals surface area contributed by atoms with Crippen LogP contribution in [0.1, 0.15) is 12.5 Å². The average Bonchev–Trinajstić information content (AvgIpc) is 2.16. The zero-order valence-electron chi connectivity index (χ0n) is 7.60. The summed E-state index contributed by atoms with van der Waals surface area (Å²) in [6, 6.07) is 10.0. The Morgan fingerprint density at radius 1 is 1.23 bits per heavy atom. The maximum Gasteiger partial charge on any atom is 0.142 e. The fourth-order valence-electron chi connectivity index (χ4n) is 1.05. The molecule has 1 rings (SSSR count). The maximum atomic E-state index is 10.0. The predicted molar refractivity (Wildman–Crippen MR) is 55.3 cm³/mol. The summed E-state index contributed by atoms with van der Waals surface area (Å²) in [7, 11) is 0. The summed E-state index contributed by atoms with van der Waals surface area (Å²) in [6.07, 6.45) is 6.09. The van der Waals surface area contributed by atoms with Crippen LogP contribution >= 0.6 is 0 Å². The van der Waals surface area contributed by atoms with E-state index >= 15 is 0 Å². The standard InChI is InChI=1S/C12H12O/c1-11(6-5-9-13)10-12-7-3-2-4-8-12/h2-10H,1H3/b6-5-,11-10+. The van der Waals surface area contributed by atoms with E-state index in [-0.39, 0.29) is 0 Å². The van der Waals surface area contributed by atoms with E-state index in [4.69, 9.17) is 0 Å². The first-order chi connectivity index (χ1) is 6.33. The molecule has 0 aliphatic rings. The van der Waals surface area contributed by atoms with Crippen molar-refractivity contribution in [1.29, 1.82) is 0 Å². The van der Waals surface area contributed by atoms with E-state index < -0.39 is 0 Å². The Bertz CT molecular complexity index is 320. The Hall–Kier alpha value is -1.63. The molecule has 0 aliphatic heterocycles. The van der Waals surface area contributed by atoms with Crippen molar-refractivity contribution in [2.45, 2.75) is 6.92 Å². The highest BCUT2D eigenvalue weighted by molar-refractivity contribution is 5.67. The van der Waals surface area contributed by atoms with Crippen LogP contribution in [0.5, 0.6) is 0 Å². The zero-order valence-corrected chi connectivity index (χ0v) is 7.60. The second-order valence-corrected chi connectivity index (χ2v) is 2.79. The molecule has 0 aliphatic carbocycles. The quantitative estimate of drug-likeness (QED) is 0.389. The van der Waals surface area contributed by atoms with Crippen LogP contribution in [-0.4, -0.2) is 6.29 Å². The lowest BCUT2D eigenvalue weighted by Gasteiger charge is -1.93. The molecule has 66 valence electrons. The molecule has 0 saturated heterocycles. The van der Waals surface area contributed by atoms with Gasteiger partial charge in [0.05, 0.1) is 0 Å². The van der Waals surface area contributed by atoms with Gasteiger partial charge >= 0.3 is 0 Å². The van der Waals surface area contributed by atoms with Crippen LogP contribution in [0.4, 0.5) is 0 Å². The summed E-state index contributed by atoms with van der Waals surface area (Å²) in [5, 5.41) is 0. The molecule has 1 nitrogen and oxygen atoms in total. The van der Waals surface area contributed by atoms with E-state index in [2.05, 4.69) is 0 Å². The molecular weight excluding hydrogens is 160 g/mol. The van der Waals surface area contributed by atoms with Gasteiger partial charge in [-0.05, 0) is 18.6 Å².